The van der Waals surface area contributed by atoms with Crippen LogP contribution in [0.1, 0.15) is 23.2 Å². The second-order valence-corrected chi connectivity index (χ2v) is 5.88. The Bertz CT molecular complexity index is 488. The maximum Gasteiger partial charge on any atom is 0.253 e. The summed E-state index contributed by atoms with van der Waals surface area (Å²) in [6.07, 6.45) is 1.99. The number of ether oxygens (including phenoxy) is 2. The van der Waals surface area contributed by atoms with Gasteiger partial charge in [-0.25, -0.2) is 0 Å². The molecule has 1 aromatic carbocycles. The summed E-state index contributed by atoms with van der Waals surface area (Å²) in [4.78, 5) is 12.4. The zero-order valence-corrected chi connectivity index (χ0v) is 12.6. The number of carbonyl (C=O) groups is 1. The summed E-state index contributed by atoms with van der Waals surface area (Å²) < 4.78 is 10.4. The third-order valence-corrected chi connectivity index (χ3v) is 4.42. The van der Waals surface area contributed by atoms with Crippen LogP contribution in [0.5, 0.6) is 11.5 Å². The molecule has 0 unspecified atom stereocenters. The second kappa shape index (κ2) is 6.74. The molecule has 6 heteroatoms. The Balaban J connectivity index is 2.19. The zero-order valence-electron chi connectivity index (χ0n) is 11.8. The Morgan fingerprint density at radius 3 is 2.60 bits per heavy atom. The molecule has 1 fully saturated rings. The highest BCUT2D eigenvalue weighted by molar-refractivity contribution is 7.99. The summed E-state index contributed by atoms with van der Waals surface area (Å²) >= 11 is 1.92. The fraction of sp³-hybridized carbons (Fsp3) is 0.500. The SMILES string of the molecule is COc1cc(OC)c(N)c(C(=O)NC2CCSCC2)c1. The largest absolute Gasteiger partial charge is 0.497 e. The Morgan fingerprint density at radius 2 is 2.00 bits per heavy atom. The van der Waals surface area contributed by atoms with Crippen molar-refractivity contribution in [3.05, 3.63) is 17.7 Å². The van der Waals surface area contributed by atoms with Crippen LogP contribution in [0.4, 0.5) is 5.69 Å². The number of nitrogen functional groups attached to an aromatic ring is 1. The van der Waals surface area contributed by atoms with Gasteiger partial charge < -0.3 is 20.5 Å². The Kier molecular flexibility index (Phi) is 5.00. The van der Waals surface area contributed by atoms with Crippen molar-refractivity contribution >= 4 is 23.4 Å². The van der Waals surface area contributed by atoms with Crippen molar-refractivity contribution < 1.29 is 14.3 Å². The number of nitrogens with two attached hydrogens (primary N) is 1. The number of carbonyl (C=O) groups excluding carboxylic acids is 1. The first-order chi connectivity index (χ1) is 9.65. The van der Waals surface area contributed by atoms with Crippen molar-refractivity contribution in [2.45, 2.75) is 18.9 Å². The molecule has 3 N–H and O–H groups in total. The predicted octanol–water partition coefficient (Wildman–Crippen LogP) is 1.91. The molecule has 1 heterocycles. The Hall–Kier alpha value is -1.56. The molecule has 0 atom stereocenters. The first kappa shape index (κ1) is 14.8. The van der Waals surface area contributed by atoms with E-state index in [1.807, 2.05) is 11.8 Å². The number of thioether (sulfide) groups is 1. The van der Waals surface area contributed by atoms with Gasteiger partial charge in [-0.1, -0.05) is 0 Å². The molecule has 0 saturated carbocycles. The molecule has 110 valence electrons. The maximum absolute atomic E-state index is 12.4. The van der Waals surface area contributed by atoms with Gasteiger partial charge in [0.2, 0.25) is 0 Å². The van der Waals surface area contributed by atoms with E-state index in [2.05, 4.69) is 5.32 Å². The number of rotatable bonds is 4. The van der Waals surface area contributed by atoms with E-state index < -0.39 is 0 Å². The molecule has 2 rings (SSSR count). The van der Waals surface area contributed by atoms with Crippen LogP contribution in [0.25, 0.3) is 0 Å². The normalized spacial score (nSPS) is 15.7. The number of amides is 1. The minimum Gasteiger partial charge on any atom is -0.497 e. The summed E-state index contributed by atoms with van der Waals surface area (Å²) in [5.74, 6) is 3.01. The van der Waals surface area contributed by atoms with Gasteiger partial charge in [0.25, 0.3) is 5.91 Å². The van der Waals surface area contributed by atoms with Crippen LogP contribution in [0, 0.1) is 0 Å². The van der Waals surface area contributed by atoms with E-state index in [0.29, 0.717) is 22.7 Å². The predicted molar refractivity (Wildman–Crippen MR) is 81.8 cm³/mol. The smallest absolute Gasteiger partial charge is 0.253 e. The molecule has 1 aromatic rings. The number of nitrogens with one attached hydrogen (secondary N) is 1. The number of anilines is 1. The van der Waals surface area contributed by atoms with Crippen molar-refractivity contribution in [1.29, 1.82) is 0 Å². The molecule has 1 saturated heterocycles. The van der Waals surface area contributed by atoms with Gasteiger partial charge in [0.1, 0.15) is 11.5 Å². The fourth-order valence-corrected chi connectivity index (χ4v) is 3.29. The quantitative estimate of drug-likeness (QED) is 0.830. The standard InChI is InChI=1S/C14H20N2O3S/c1-18-10-7-11(13(15)12(8-10)19-2)14(17)16-9-3-5-20-6-4-9/h7-9H,3-6,15H2,1-2H3,(H,16,17). The van der Waals surface area contributed by atoms with E-state index in [1.165, 1.54) is 7.11 Å². The lowest BCUT2D eigenvalue weighted by Gasteiger charge is -2.23. The first-order valence-corrected chi connectivity index (χ1v) is 7.71. The highest BCUT2D eigenvalue weighted by atomic mass is 32.2. The molecule has 0 radical (unpaired) electrons. The average molecular weight is 296 g/mol. The molecule has 20 heavy (non-hydrogen) atoms. The number of hydrogen-bond donors (Lipinski definition) is 2. The fourth-order valence-electron chi connectivity index (χ4n) is 2.18. The van der Waals surface area contributed by atoms with Crippen LogP contribution in [0.2, 0.25) is 0 Å². The van der Waals surface area contributed by atoms with Gasteiger partial charge in [-0.3, -0.25) is 4.79 Å². The van der Waals surface area contributed by atoms with Gasteiger partial charge in [0.05, 0.1) is 25.5 Å². The van der Waals surface area contributed by atoms with Gasteiger partial charge in [0, 0.05) is 12.1 Å². The summed E-state index contributed by atoms with van der Waals surface area (Å²) in [6.45, 7) is 0. The van der Waals surface area contributed by atoms with E-state index >= 15 is 0 Å². The lowest BCUT2D eigenvalue weighted by Crippen LogP contribution is -2.37. The van der Waals surface area contributed by atoms with E-state index in [1.54, 1.807) is 19.2 Å². The summed E-state index contributed by atoms with van der Waals surface area (Å²) in [6, 6.07) is 3.54. The van der Waals surface area contributed by atoms with Gasteiger partial charge in [0.15, 0.2) is 0 Å². The number of benzene rings is 1. The molecule has 0 bridgehead atoms. The van der Waals surface area contributed by atoms with Crippen molar-refractivity contribution in [2.75, 3.05) is 31.5 Å². The van der Waals surface area contributed by atoms with Crippen molar-refractivity contribution in [3.8, 4) is 11.5 Å². The third kappa shape index (κ3) is 3.30. The minimum atomic E-state index is -0.170. The van der Waals surface area contributed by atoms with Gasteiger partial charge in [-0.05, 0) is 30.4 Å². The van der Waals surface area contributed by atoms with Gasteiger partial charge in [-0.2, -0.15) is 11.8 Å². The van der Waals surface area contributed by atoms with Crippen LogP contribution < -0.4 is 20.5 Å². The average Bonchev–Trinajstić information content (AvgIpc) is 2.48. The first-order valence-electron chi connectivity index (χ1n) is 6.55. The molecular formula is C14H20N2O3S. The zero-order chi connectivity index (χ0) is 14.5. The van der Waals surface area contributed by atoms with Crippen LogP contribution in [0.3, 0.4) is 0 Å². The van der Waals surface area contributed by atoms with Crippen LogP contribution in [-0.2, 0) is 0 Å². The third-order valence-electron chi connectivity index (χ3n) is 3.37. The molecule has 1 aliphatic heterocycles. The minimum absolute atomic E-state index is 0.170. The van der Waals surface area contributed by atoms with Crippen molar-refractivity contribution in [1.82, 2.24) is 5.32 Å². The van der Waals surface area contributed by atoms with Crippen LogP contribution >= 0.6 is 11.8 Å². The van der Waals surface area contributed by atoms with E-state index in [4.69, 9.17) is 15.2 Å². The molecule has 1 aliphatic rings. The maximum atomic E-state index is 12.4. The van der Waals surface area contributed by atoms with E-state index in [9.17, 15) is 4.79 Å². The second-order valence-electron chi connectivity index (χ2n) is 4.65. The highest BCUT2D eigenvalue weighted by Crippen LogP contribution is 2.31. The lowest BCUT2D eigenvalue weighted by molar-refractivity contribution is 0.0935. The van der Waals surface area contributed by atoms with Gasteiger partial charge in [-0.15, -0.1) is 0 Å². The lowest BCUT2D eigenvalue weighted by atomic mass is 10.1. The van der Waals surface area contributed by atoms with Crippen molar-refractivity contribution in [3.63, 3.8) is 0 Å². The summed E-state index contributed by atoms with van der Waals surface area (Å²) in [7, 11) is 3.07. The van der Waals surface area contributed by atoms with Crippen LogP contribution in [0.15, 0.2) is 12.1 Å². The van der Waals surface area contributed by atoms with E-state index in [-0.39, 0.29) is 11.9 Å². The van der Waals surface area contributed by atoms with Gasteiger partial charge >= 0.3 is 0 Å². The topological polar surface area (TPSA) is 73.6 Å². The highest BCUT2D eigenvalue weighted by Gasteiger charge is 2.20. The number of hydrogen-bond acceptors (Lipinski definition) is 5. The molecule has 1 amide bonds. The Morgan fingerprint density at radius 1 is 1.30 bits per heavy atom. The molecule has 0 spiro atoms. The van der Waals surface area contributed by atoms with Crippen molar-refractivity contribution in [2.24, 2.45) is 0 Å². The molecule has 5 nitrogen and oxygen atoms in total. The molecule has 0 aliphatic carbocycles. The monoisotopic (exact) mass is 296 g/mol. The van der Waals surface area contributed by atoms with E-state index in [0.717, 1.165) is 24.3 Å². The summed E-state index contributed by atoms with van der Waals surface area (Å²) in [5, 5.41) is 3.04. The molecule has 0 aromatic heterocycles. The molecular weight excluding hydrogens is 276 g/mol. The summed E-state index contributed by atoms with van der Waals surface area (Å²) in [5.41, 5.74) is 6.72. The number of methoxy groups -OCH3 is 2. The Labute approximate surface area is 123 Å². The van der Waals surface area contributed by atoms with Crippen LogP contribution in [-0.4, -0.2) is 37.7 Å².